The highest BCUT2D eigenvalue weighted by Crippen LogP contribution is 2.36. The van der Waals surface area contributed by atoms with Gasteiger partial charge in [0.1, 0.15) is 5.84 Å². The van der Waals surface area contributed by atoms with Crippen molar-refractivity contribution < 1.29 is 0 Å². The van der Waals surface area contributed by atoms with Crippen LogP contribution in [0.3, 0.4) is 0 Å². The van der Waals surface area contributed by atoms with Gasteiger partial charge in [0.2, 0.25) is 0 Å². The largest absolute Gasteiger partial charge is 0.384 e. The predicted molar refractivity (Wildman–Crippen MR) is 66.6 cm³/mol. The highest BCUT2D eigenvalue weighted by atomic mass is 16.1. The van der Waals surface area contributed by atoms with E-state index in [1.54, 1.807) is 0 Å². The second-order valence-corrected chi connectivity index (χ2v) is 5.06. The number of nitrogen functional groups attached to an aromatic ring is 1. The Balaban J connectivity index is 2.25. The summed E-state index contributed by atoms with van der Waals surface area (Å²) in [6.45, 7) is 0. The maximum absolute atomic E-state index is 12.3. The normalized spacial score (nSPS) is 18.8. The van der Waals surface area contributed by atoms with Crippen LogP contribution in [0.2, 0.25) is 0 Å². The summed E-state index contributed by atoms with van der Waals surface area (Å²) < 4.78 is 1.92. The Bertz CT molecular complexity index is 540. The fraction of sp³-hybridized carbons (Fsp3) is 0.538. The molecule has 0 bridgehead atoms. The molecule has 0 atom stereocenters. The second kappa shape index (κ2) is 3.72. The third-order valence-electron chi connectivity index (χ3n) is 3.74. The average molecular weight is 231 g/mol. The minimum atomic E-state index is -0.0993. The molecule has 17 heavy (non-hydrogen) atoms. The van der Waals surface area contributed by atoms with Gasteiger partial charge in [-0.05, 0) is 50.2 Å². The molecule has 0 aromatic carbocycles. The maximum Gasteiger partial charge on any atom is 0.262 e. The molecule has 1 aromatic rings. The number of amidine groups is 1. The molecule has 0 saturated heterocycles. The Morgan fingerprint density at radius 1 is 1.35 bits per heavy atom. The predicted octanol–water partition coefficient (Wildman–Crippen LogP) is 1.35. The fourth-order valence-electron chi connectivity index (χ4n) is 2.74. The van der Waals surface area contributed by atoms with E-state index >= 15 is 0 Å². The second-order valence-electron chi connectivity index (χ2n) is 5.06. The van der Waals surface area contributed by atoms with E-state index in [1.165, 1.54) is 24.1 Å². The van der Waals surface area contributed by atoms with Crippen molar-refractivity contribution in [3.8, 4) is 0 Å². The van der Waals surface area contributed by atoms with Crippen LogP contribution < -0.4 is 11.3 Å². The number of nitrogens with two attached hydrogens (primary N) is 1. The lowest BCUT2D eigenvalue weighted by Crippen LogP contribution is -2.33. The van der Waals surface area contributed by atoms with Gasteiger partial charge in [-0.25, -0.2) is 0 Å². The van der Waals surface area contributed by atoms with E-state index in [4.69, 9.17) is 11.1 Å². The van der Waals surface area contributed by atoms with Crippen molar-refractivity contribution in [2.24, 2.45) is 5.73 Å². The molecular formula is C13H17N3O. The summed E-state index contributed by atoms with van der Waals surface area (Å²) >= 11 is 0. The molecule has 0 unspecified atom stereocenters. The van der Waals surface area contributed by atoms with Crippen LogP contribution in [0, 0.1) is 5.41 Å². The van der Waals surface area contributed by atoms with Gasteiger partial charge in [0, 0.05) is 11.7 Å². The van der Waals surface area contributed by atoms with Gasteiger partial charge in [-0.3, -0.25) is 10.2 Å². The van der Waals surface area contributed by atoms with Crippen molar-refractivity contribution in [3.05, 3.63) is 33.2 Å². The molecule has 90 valence electrons. The molecule has 3 rings (SSSR count). The summed E-state index contributed by atoms with van der Waals surface area (Å²) in [5.74, 6) is -0.0993. The fourth-order valence-corrected chi connectivity index (χ4v) is 2.74. The topological polar surface area (TPSA) is 71.9 Å². The molecule has 1 aromatic heterocycles. The van der Waals surface area contributed by atoms with Crippen molar-refractivity contribution in [1.29, 1.82) is 5.41 Å². The molecule has 4 nitrogen and oxygen atoms in total. The molecule has 1 heterocycles. The number of fused-ring (bicyclic) bond motifs is 1. The Hall–Kier alpha value is -1.58. The summed E-state index contributed by atoms with van der Waals surface area (Å²) in [7, 11) is 0. The first-order chi connectivity index (χ1) is 8.18. The SMILES string of the molecule is N=C(N)c1cc2c(n(C3CC3)c1=O)CCCC2. The number of aryl methyl sites for hydroxylation is 1. The number of rotatable bonds is 2. The van der Waals surface area contributed by atoms with Gasteiger partial charge in [0.15, 0.2) is 0 Å². The summed E-state index contributed by atoms with van der Waals surface area (Å²) in [6, 6.07) is 2.21. The molecule has 0 spiro atoms. The van der Waals surface area contributed by atoms with E-state index in [2.05, 4.69) is 0 Å². The molecule has 0 radical (unpaired) electrons. The van der Waals surface area contributed by atoms with Crippen molar-refractivity contribution in [1.82, 2.24) is 4.57 Å². The standard InChI is InChI=1S/C13H17N3O/c14-12(15)10-7-8-3-1-2-4-11(8)16(13(10)17)9-5-6-9/h7,9H,1-6H2,(H3,14,15). The maximum atomic E-state index is 12.3. The van der Waals surface area contributed by atoms with Crippen LogP contribution in [0.25, 0.3) is 0 Å². The lowest BCUT2D eigenvalue weighted by atomic mass is 9.94. The molecule has 0 aliphatic heterocycles. The van der Waals surface area contributed by atoms with Crippen molar-refractivity contribution in [3.63, 3.8) is 0 Å². The van der Waals surface area contributed by atoms with Gasteiger partial charge >= 0.3 is 0 Å². The van der Waals surface area contributed by atoms with Crippen LogP contribution in [-0.2, 0) is 12.8 Å². The third-order valence-corrected chi connectivity index (χ3v) is 3.74. The summed E-state index contributed by atoms with van der Waals surface area (Å²) in [5, 5.41) is 7.52. The van der Waals surface area contributed by atoms with Crippen LogP contribution in [0.4, 0.5) is 0 Å². The van der Waals surface area contributed by atoms with Gasteiger partial charge in [-0.1, -0.05) is 0 Å². The Morgan fingerprint density at radius 2 is 2.06 bits per heavy atom. The summed E-state index contributed by atoms with van der Waals surface area (Å²) in [5.41, 5.74) is 8.27. The number of aromatic nitrogens is 1. The first kappa shape index (κ1) is 10.6. The van der Waals surface area contributed by atoms with Gasteiger partial charge < -0.3 is 10.3 Å². The lowest BCUT2D eigenvalue weighted by molar-refractivity contribution is 0.582. The first-order valence-electron chi connectivity index (χ1n) is 6.30. The lowest BCUT2D eigenvalue weighted by Gasteiger charge is -2.22. The molecule has 0 amide bonds. The van der Waals surface area contributed by atoms with E-state index < -0.39 is 0 Å². The van der Waals surface area contributed by atoms with Crippen LogP contribution in [0.5, 0.6) is 0 Å². The molecule has 3 N–H and O–H groups in total. The minimum Gasteiger partial charge on any atom is -0.384 e. The molecule has 2 aliphatic rings. The molecule has 1 fully saturated rings. The van der Waals surface area contributed by atoms with Crippen LogP contribution in [0.15, 0.2) is 10.9 Å². The monoisotopic (exact) mass is 231 g/mol. The van der Waals surface area contributed by atoms with Gasteiger partial charge in [0.05, 0.1) is 5.56 Å². The molecule has 1 saturated carbocycles. The smallest absolute Gasteiger partial charge is 0.262 e. The quantitative estimate of drug-likeness (QED) is 0.595. The van der Waals surface area contributed by atoms with E-state index in [9.17, 15) is 4.79 Å². The van der Waals surface area contributed by atoms with Gasteiger partial charge in [-0.2, -0.15) is 0 Å². The Kier molecular flexibility index (Phi) is 2.31. The summed E-state index contributed by atoms with van der Waals surface area (Å²) in [4.78, 5) is 12.3. The van der Waals surface area contributed by atoms with E-state index in [0.717, 1.165) is 25.7 Å². The van der Waals surface area contributed by atoms with E-state index in [1.807, 2.05) is 10.6 Å². The van der Waals surface area contributed by atoms with E-state index in [-0.39, 0.29) is 11.4 Å². The highest BCUT2D eigenvalue weighted by Gasteiger charge is 2.30. The van der Waals surface area contributed by atoms with Crippen LogP contribution in [0.1, 0.15) is 48.5 Å². The number of hydrogen-bond acceptors (Lipinski definition) is 2. The summed E-state index contributed by atoms with van der Waals surface area (Å²) in [6.07, 6.45) is 6.54. The molecule has 4 heteroatoms. The van der Waals surface area contributed by atoms with Gasteiger partial charge in [0.25, 0.3) is 5.56 Å². The minimum absolute atomic E-state index is 0.0550. The zero-order chi connectivity index (χ0) is 12.0. The van der Waals surface area contributed by atoms with Gasteiger partial charge in [-0.15, -0.1) is 0 Å². The molecular weight excluding hydrogens is 214 g/mol. The highest BCUT2D eigenvalue weighted by molar-refractivity contribution is 5.94. The van der Waals surface area contributed by atoms with Crippen LogP contribution in [-0.4, -0.2) is 10.4 Å². The first-order valence-corrected chi connectivity index (χ1v) is 6.30. The zero-order valence-electron chi connectivity index (χ0n) is 9.83. The average Bonchev–Trinajstić information content (AvgIpc) is 3.12. The molecule has 2 aliphatic carbocycles. The van der Waals surface area contributed by atoms with Crippen molar-refractivity contribution in [2.75, 3.05) is 0 Å². The number of nitrogens with zero attached hydrogens (tertiary/aromatic N) is 1. The van der Waals surface area contributed by atoms with Crippen molar-refractivity contribution >= 4 is 5.84 Å². The zero-order valence-corrected chi connectivity index (χ0v) is 9.83. The number of hydrogen-bond donors (Lipinski definition) is 2. The Morgan fingerprint density at radius 3 is 2.71 bits per heavy atom. The van der Waals surface area contributed by atoms with Crippen LogP contribution >= 0.6 is 0 Å². The van der Waals surface area contributed by atoms with Crippen molar-refractivity contribution in [2.45, 2.75) is 44.6 Å². The number of pyridine rings is 1. The third kappa shape index (κ3) is 1.68. The Labute approximate surface area is 100.0 Å². The number of nitrogens with one attached hydrogen (secondary N) is 1. The van der Waals surface area contributed by atoms with E-state index in [0.29, 0.717) is 11.6 Å².